The van der Waals surface area contributed by atoms with Gasteiger partial charge in [0.1, 0.15) is 0 Å². The zero-order valence-electron chi connectivity index (χ0n) is 15.0. The highest BCUT2D eigenvalue weighted by atomic mass is 19.1. The molecule has 1 fully saturated rings. The van der Waals surface area contributed by atoms with E-state index in [0.717, 1.165) is 36.2 Å². The molecule has 0 N–H and O–H groups in total. The molecule has 0 saturated carbocycles. The van der Waals surface area contributed by atoms with Gasteiger partial charge in [0, 0.05) is 31.3 Å². The second kappa shape index (κ2) is 7.03. The van der Waals surface area contributed by atoms with Crippen LogP contribution in [0, 0.1) is 21.8 Å². The molecular weight excluding hydrogens is 365 g/mol. The van der Waals surface area contributed by atoms with E-state index in [1.54, 1.807) is 4.90 Å². The summed E-state index contributed by atoms with van der Waals surface area (Å²) in [6.45, 7) is 0.724. The highest BCUT2D eigenvalue weighted by Gasteiger charge is 2.39. The SMILES string of the molecule is O=C1CC(C(=O)N2CCCc3ccccc32)CN1c1ccc(F)c([N+](=O)[O-])c1. The minimum atomic E-state index is -0.960. The van der Waals surface area contributed by atoms with Gasteiger partial charge in [-0.05, 0) is 36.6 Å². The predicted molar refractivity (Wildman–Crippen MR) is 101 cm³/mol. The van der Waals surface area contributed by atoms with Gasteiger partial charge in [0.15, 0.2) is 0 Å². The van der Waals surface area contributed by atoms with Gasteiger partial charge in [0.2, 0.25) is 17.6 Å². The van der Waals surface area contributed by atoms with Crippen LogP contribution < -0.4 is 9.80 Å². The summed E-state index contributed by atoms with van der Waals surface area (Å²) in [5.74, 6) is -1.93. The predicted octanol–water partition coefficient (Wildman–Crippen LogP) is 3.07. The van der Waals surface area contributed by atoms with E-state index in [0.29, 0.717) is 6.54 Å². The lowest BCUT2D eigenvalue weighted by molar-refractivity contribution is -0.387. The Balaban J connectivity index is 1.57. The van der Waals surface area contributed by atoms with Crippen molar-refractivity contribution in [3.8, 4) is 0 Å². The van der Waals surface area contributed by atoms with Crippen LogP contribution in [0.4, 0.5) is 21.5 Å². The van der Waals surface area contributed by atoms with E-state index in [1.165, 1.54) is 11.0 Å². The minimum Gasteiger partial charge on any atom is -0.312 e. The molecule has 2 aliphatic heterocycles. The number of carbonyl (C=O) groups is 2. The first-order valence-electron chi connectivity index (χ1n) is 9.09. The third-order valence-corrected chi connectivity index (χ3v) is 5.29. The quantitative estimate of drug-likeness (QED) is 0.602. The number of hydrogen-bond acceptors (Lipinski definition) is 4. The molecule has 4 rings (SSSR count). The van der Waals surface area contributed by atoms with Gasteiger partial charge in [0.05, 0.1) is 16.5 Å². The van der Waals surface area contributed by atoms with Gasteiger partial charge in [0.25, 0.3) is 0 Å². The van der Waals surface area contributed by atoms with Crippen molar-refractivity contribution in [2.45, 2.75) is 19.3 Å². The monoisotopic (exact) mass is 383 g/mol. The van der Waals surface area contributed by atoms with Crippen molar-refractivity contribution in [1.29, 1.82) is 0 Å². The van der Waals surface area contributed by atoms with Crippen LogP contribution in [0.2, 0.25) is 0 Å². The van der Waals surface area contributed by atoms with Crippen molar-refractivity contribution in [1.82, 2.24) is 0 Å². The molecule has 1 saturated heterocycles. The molecule has 1 atom stereocenters. The van der Waals surface area contributed by atoms with Crippen LogP contribution in [0.1, 0.15) is 18.4 Å². The standard InChI is InChI=1S/C20H18FN3O4/c21-16-8-7-15(11-18(16)24(27)28)23-12-14(10-19(23)25)20(26)22-9-3-5-13-4-1-2-6-17(13)22/h1-2,4,6-8,11,14H,3,5,9-10,12H2. The van der Waals surface area contributed by atoms with Crippen LogP contribution in [-0.2, 0) is 16.0 Å². The van der Waals surface area contributed by atoms with E-state index in [-0.39, 0.29) is 30.5 Å². The number of rotatable bonds is 3. The van der Waals surface area contributed by atoms with E-state index in [1.807, 2.05) is 24.3 Å². The number of hydrogen-bond donors (Lipinski definition) is 0. The summed E-state index contributed by atoms with van der Waals surface area (Å²) in [7, 11) is 0. The van der Waals surface area contributed by atoms with Gasteiger partial charge in [-0.3, -0.25) is 19.7 Å². The Bertz CT molecular complexity index is 978. The summed E-state index contributed by atoms with van der Waals surface area (Å²) in [5.41, 5.74) is 1.52. The Labute approximate surface area is 160 Å². The first-order valence-corrected chi connectivity index (χ1v) is 9.09. The number of anilines is 2. The molecule has 2 aromatic rings. The number of halogens is 1. The Morgan fingerprint density at radius 1 is 1.21 bits per heavy atom. The van der Waals surface area contributed by atoms with Gasteiger partial charge in [-0.2, -0.15) is 4.39 Å². The Morgan fingerprint density at radius 2 is 2.00 bits per heavy atom. The molecule has 8 heteroatoms. The van der Waals surface area contributed by atoms with Gasteiger partial charge in [-0.25, -0.2) is 0 Å². The molecule has 2 heterocycles. The topological polar surface area (TPSA) is 83.8 Å². The zero-order valence-corrected chi connectivity index (χ0v) is 15.0. The van der Waals surface area contributed by atoms with Gasteiger partial charge < -0.3 is 9.80 Å². The maximum atomic E-state index is 13.6. The van der Waals surface area contributed by atoms with Crippen molar-refractivity contribution < 1.29 is 18.9 Å². The van der Waals surface area contributed by atoms with Gasteiger partial charge in [-0.1, -0.05) is 18.2 Å². The average Bonchev–Trinajstić information content (AvgIpc) is 3.09. The lowest BCUT2D eigenvalue weighted by atomic mass is 9.99. The number of nitro groups is 1. The minimum absolute atomic E-state index is 0.0304. The largest absolute Gasteiger partial charge is 0.312 e. The van der Waals surface area contributed by atoms with Gasteiger partial charge >= 0.3 is 5.69 Å². The number of amides is 2. The van der Waals surface area contributed by atoms with Crippen LogP contribution >= 0.6 is 0 Å². The van der Waals surface area contributed by atoms with Crippen LogP contribution in [0.15, 0.2) is 42.5 Å². The summed E-state index contributed by atoms with van der Waals surface area (Å²) >= 11 is 0. The number of nitrogens with zero attached hydrogens (tertiary/aromatic N) is 3. The summed E-state index contributed by atoms with van der Waals surface area (Å²) in [6.07, 6.45) is 1.80. The van der Waals surface area contributed by atoms with Crippen LogP contribution in [0.3, 0.4) is 0 Å². The molecule has 1 unspecified atom stereocenters. The number of nitro benzene ring substituents is 1. The molecule has 144 valence electrons. The summed E-state index contributed by atoms with van der Waals surface area (Å²) in [5, 5.41) is 11.0. The fourth-order valence-corrected chi connectivity index (χ4v) is 3.91. The number of aryl methyl sites for hydroxylation is 1. The number of para-hydroxylation sites is 1. The van der Waals surface area contributed by atoms with E-state index >= 15 is 0 Å². The fourth-order valence-electron chi connectivity index (χ4n) is 3.91. The summed E-state index contributed by atoms with van der Waals surface area (Å²) < 4.78 is 13.6. The highest BCUT2D eigenvalue weighted by molar-refractivity contribution is 6.05. The molecule has 0 aromatic heterocycles. The second-order valence-corrected chi connectivity index (χ2v) is 7.02. The molecule has 0 radical (unpaired) electrons. The Kier molecular flexibility index (Phi) is 4.54. The smallest absolute Gasteiger partial charge is 0.306 e. The zero-order chi connectivity index (χ0) is 19.8. The van der Waals surface area contributed by atoms with E-state index in [2.05, 4.69) is 0 Å². The molecule has 28 heavy (non-hydrogen) atoms. The van der Waals surface area contributed by atoms with Crippen LogP contribution in [0.25, 0.3) is 0 Å². The van der Waals surface area contributed by atoms with Crippen molar-refractivity contribution in [2.24, 2.45) is 5.92 Å². The van der Waals surface area contributed by atoms with Crippen molar-refractivity contribution in [3.05, 3.63) is 64.0 Å². The highest BCUT2D eigenvalue weighted by Crippen LogP contribution is 2.33. The first kappa shape index (κ1) is 18.1. The van der Waals surface area contributed by atoms with E-state index < -0.39 is 22.3 Å². The van der Waals surface area contributed by atoms with Crippen molar-refractivity contribution >= 4 is 28.9 Å². The summed E-state index contributed by atoms with van der Waals surface area (Å²) in [6, 6.07) is 11.1. The van der Waals surface area contributed by atoms with Gasteiger partial charge in [-0.15, -0.1) is 0 Å². The van der Waals surface area contributed by atoms with E-state index in [9.17, 15) is 24.1 Å². The third-order valence-electron chi connectivity index (χ3n) is 5.29. The molecule has 2 aromatic carbocycles. The molecular formula is C20H18FN3O4. The number of carbonyl (C=O) groups excluding carboxylic acids is 2. The van der Waals surface area contributed by atoms with Crippen LogP contribution in [-0.4, -0.2) is 29.8 Å². The first-order chi connectivity index (χ1) is 13.5. The number of fused-ring (bicyclic) bond motifs is 1. The Hall–Kier alpha value is -3.29. The lowest BCUT2D eigenvalue weighted by Crippen LogP contribution is -2.40. The molecule has 0 aliphatic carbocycles. The molecule has 2 aliphatic rings. The lowest BCUT2D eigenvalue weighted by Gasteiger charge is -2.31. The molecule has 0 bridgehead atoms. The number of benzene rings is 2. The average molecular weight is 383 g/mol. The molecule has 2 amide bonds. The Morgan fingerprint density at radius 3 is 2.79 bits per heavy atom. The fraction of sp³-hybridized carbons (Fsp3) is 0.300. The second-order valence-electron chi connectivity index (χ2n) is 7.02. The maximum Gasteiger partial charge on any atom is 0.306 e. The van der Waals surface area contributed by atoms with E-state index in [4.69, 9.17) is 0 Å². The molecule has 0 spiro atoms. The normalized spacial score (nSPS) is 18.9. The summed E-state index contributed by atoms with van der Waals surface area (Å²) in [4.78, 5) is 38.8. The van der Waals surface area contributed by atoms with Crippen LogP contribution in [0.5, 0.6) is 0 Å². The van der Waals surface area contributed by atoms with Crippen molar-refractivity contribution in [3.63, 3.8) is 0 Å². The maximum absolute atomic E-state index is 13.6. The van der Waals surface area contributed by atoms with Crippen molar-refractivity contribution in [2.75, 3.05) is 22.9 Å². The third kappa shape index (κ3) is 3.11. The molecule has 7 nitrogen and oxygen atoms in total.